The second-order valence-electron chi connectivity index (χ2n) is 7.99. The van der Waals surface area contributed by atoms with Crippen molar-refractivity contribution < 1.29 is 14.3 Å². The lowest BCUT2D eigenvalue weighted by Gasteiger charge is -2.29. The van der Waals surface area contributed by atoms with Gasteiger partial charge in [0.15, 0.2) is 5.82 Å². The number of benzene rings is 1. The van der Waals surface area contributed by atoms with Gasteiger partial charge in [-0.05, 0) is 30.5 Å². The van der Waals surface area contributed by atoms with Gasteiger partial charge < -0.3 is 24.6 Å². The highest BCUT2D eigenvalue weighted by Gasteiger charge is 2.29. The summed E-state index contributed by atoms with van der Waals surface area (Å²) in [6.45, 7) is 6.25. The second-order valence-corrected chi connectivity index (χ2v) is 7.99. The summed E-state index contributed by atoms with van der Waals surface area (Å²) >= 11 is 0. The van der Waals surface area contributed by atoms with Crippen LogP contribution in [-0.4, -0.2) is 66.4 Å². The van der Waals surface area contributed by atoms with Crippen LogP contribution in [0.4, 0.5) is 16.3 Å². The van der Waals surface area contributed by atoms with Crippen molar-refractivity contribution in [1.29, 1.82) is 0 Å². The molecule has 0 saturated carbocycles. The zero-order valence-corrected chi connectivity index (χ0v) is 18.1. The fourth-order valence-electron chi connectivity index (χ4n) is 3.90. The molecule has 2 fully saturated rings. The Bertz CT molecular complexity index is 855. The molecule has 4 rings (SSSR count). The van der Waals surface area contributed by atoms with Crippen LogP contribution in [0.1, 0.15) is 31.7 Å². The number of amides is 2. The number of aryl methyl sites for hydroxylation is 1. The zero-order chi connectivity index (χ0) is 21.5. The lowest BCUT2D eigenvalue weighted by molar-refractivity contribution is 0.121. The van der Waals surface area contributed by atoms with Crippen molar-refractivity contribution in [3.8, 4) is 5.88 Å². The van der Waals surface area contributed by atoms with Gasteiger partial charge in [-0.15, -0.1) is 0 Å². The molecule has 166 valence electrons. The van der Waals surface area contributed by atoms with E-state index in [0.717, 1.165) is 37.4 Å². The normalized spacial score (nSPS) is 18.8. The molecule has 2 amide bonds. The summed E-state index contributed by atoms with van der Waals surface area (Å²) < 4.78 is 11.6. The molecular weight excluding hydrogens is 394 g/mol. The van der Waals surface area contributed by atoms with Crippen LogP contribution < -0.4 is 15.0 Å². The zero-order valence-electron chi connectivity index (χ0n) is 18.1. The molecule has 31 heavy (non-hydrogen) atoms. The van der Waals surface area contributed by atoms with Crippen molar-refractivity contribution >= 4 is 17.5 Å². The summed E-state index contributed by atoms with van der Waals surface area (Å²) in [5.41, 5.74) is 2.12. The topological polar surface area (TPSA) is 79.8 Å². The molecule has 2 aliphatic rings. The van der Waals surface area contributed by atoms with E-state index in [1.807, 2.05) is 12.1 Å². The van der Waals surface area contributed by atoms with E-state index in [4.69, 9.17) is 9.47 Å². The summed E-state index contributed by atoms with van der Waals surface area (Å²) in [6, 6.07) is 8.02. The van der Waals surface area contributed by atoms with Crippen molar-refractivity contribution in [3.63, 3.8) is 0 Å². The van der Waals surface area contributed by atoms with Crippen molar-refractivity contribution in [3.05, 3.63) is 42.2 Å². The fraction of sp³-hybridized carbons (Fsp3) is 0.522. The SMILES string of the molecule is CCCCc1ccc(NC(=O)N2CCC(Oc3nccnc3N3CCOCC3)C2)cc1. The minimum Gasteiger partial charge on any atom is -0.470 e. The van der Waals surface area contributed by atoms with Crippen molar-refractivity contribution in [2.45, 2.75) is 38.7 Å². The van der Waals surface area contributed by atoms with E-state index in [1.165, 1.54) is 18.4 Å². The van der Waals surface area contributed by atoms with Crippen molar-refractivity contribution in [1.82, 2.24) is 14.9 Å². The van der Waals surface area contributed by atoms with Crippen LogP contribution in [0.2, 0.25) is 0 Å². The maximum Gasteiger partial charge on any atom is 0.321 e. The number of morpholine rings is 1. The first-order valence-corrected chi connectivity index (χ1v) is 11.2. The van der Waals surface area contributed by atoms with Gasteiger partial charge in [-0.3, -0.25) is 0 Å². The minimum absolute atomic E-state index is 0.0973. The van der Waals surface area contributed by atoms with Gasteiger partial charge in [0.1, 0.15) is 6.10 Å². The molecule has 3 heterocycles. The average Bonchev–Trinajstić information content (AvgIpc) is 3.28. The molecule has 1 unspecified atom stereocenters. The van der Waals surface area contributed by atoms with Gasteiger partial charge in [-0.2, -0.15) is 0 Å². The number of ether oxygens (including phenoxy) is 2. The Morgan fingerprint density at radius 1 is 1.16 bits per heavy atom. The number of nitrogens with one attached hydrogen (secondary N) is 1. The molecular formula is C23H31N5O3. The van der Waals surface area contributed by atoms with Gasteiger partial charge >= 0.3 is 6.03 Å². The van der Waals surface area contributed by atoms with Crippen molar-refractivity contribution in [2.24, 2.45) is 0 Å². The van der Waals surface area contributed by atoms with Gasteiger partial charge in [0, 0.05) is 44.1 Å². The molecule has 1 aromatic carbocycles. The highest BCUT2D eigenvalue weighted by molar-refractivity contribution is 5.89. The van der Waals surface area contributed by atoms with Crippen LogP contribution in [0.5, 0.6) is 5.88 Å². The molecule has 0 aliphatic carbocycles. The summed E-state index contributed by atoms with van der Waals surface area (Å²) in [5.74, 6) is 1.27. The highest BCUT2D eigenvalue weighted by atomic mass is 16.5. The monoisotopic (exact) mass is 425 g/mol. The Morgan fingerprint density at radius 2 is 1.94 bits per heavy atom. The predicted octanol–water partition coefficient (Wildman–Crippen LogP) is 3.34. The Hall–Kier alpha value is -2.87. The number of aromatic nitrogens is 2. The molecule has 2 saturated heterocycles. The quantitative estimate of drug-likeness (QED) is 0.733. The number of rotatable bonds is 7. The van der Waals surface area contributed by atoms with E-state index >= 15 is 0 Å². The van der Waals surface area contributed by atoms with E-state index in [2.05, 4.69) is 39.2 Å². The number of hydrogen-bond acceptors (Lipinski definition) is 6. The Kier molecular flexibility index (Phi) is 7.19. The molecule has 2 aromatic rings. The van der Waals surface area contributed by atoms with Gasteiger partial charge in [0.2, 0.25) is 0 Å². The first-order chi connectivity index (χ1) is 15.2. The predicted molar refractivity (Wildman–Crippen MR) is 120 cm³/mol. The molecule has 1 aromatic heterocycles. The number of carbonyl (C=O) groups is 1. The molecule has 8 heteroatoms. The number of carbonyl (C=O) groups excluding carboxylic acids is 1. The second kappa shape index (κ2) is 10.4. The molecule has 2 aliphatic heterocycles. The molecule has 1 N–H and O–H groups in total. The van der Waals surface area contributed by atoms with Crippen LogP contribution in [0, 0.1) is 0 Å². The Morgan fingerprint density at radius 3 is 2.71 bits per heavy atom. The van der Waals surface area contributed by atoms with Crippen LogP contribution in [-0.2, 0) is 11.2 Å². The third kappa shape index (κ3) is 5.64. The van der Waals surface area contributed by atoms with E-state index in [1.54, 1.807) is 17.3 Å². The van der Waals surface area contributed by atoms with E-state index in [9.17, 15) is 4.79 Å². The van der Waals surface area contributed by atoms with Gasteiger partial charge in [-0.1, -0.05) is 25.5 Å². The first kappa shape index (κ1) is 21.4. The van der Waals surface area contributed by atoms with Gasteiger partial charge in [0.05, 0.1) is 19.8 Å². The first-order valence-electron chi connectivity index (χ1n) is 11.2. The van der Waals surface area contributed by atoms with Crippen LogP contribution in [0.3, 0.4) is 0 Å². The number of likely N-dealkylation sites (tertiary alicyclic amines) is 1. The summed E-state index contributed by atoms with van der Waals surface area (Å²) in [7, 11) is 0. The minimum atomic E-state index is -0.0985. The molecule has 0 bridgehead atoms. The van der Waals surface area contributed by atoms with Gasteiger partial charge in [0.25, 0.3) is 5.88 Å². The summed E-state index contributed by atoms with van der Waals surface area (Å²) in [5, 5.41) is 3.00. The van der Waals surface area contributed by atoms with E-state index < -0.39 is 0 Å². The number of unbranched alkanes of at least 4 members (excludes halogenated alkanes) is 1. The number of urea groups is 1. The highest BCUT2D eigenvalue weighted by Crippen LogP contribution is 2.26. The maximum absolute atomic E-state index is 12.7. The number of hydrogen-bond donors (Lipinski definition) is 1. The lowest BCUT2D eigenvalue weighted by Crippen LogP contribution is -2.37. The van der Waals surface area contributed by atoms with E-state index in [-0.39, 0.29) is 12.1 Å². The summed E-state index contributed by atoms with van der Waals surface area (Å²) in [4.78, 5) is 25.5. The molecule has 0 spiro atoms. The number of nitrogens with zero attached hydrogens (tertiary/aromatic N) is 4. The van der Waals surface area contributed by atoms with Crippen molar-refractivity contribution in [2.75, 3.05) is 49.6 Å². The molecule has 0 radical (unpaired) electrons. The van der Waals surface area contributed by atoms with E-state index in [0.29, 0.717) is 32.2 Å². The van der Waals surface area contributed by atoms with Gasteiger partial charge in [-0.25, -0.2) is 14.8 Å². The maximum atomic E-state index is 12.7. The Balaban J connectivity index is 1.31. The fourth-order valence-corrected chi connectivity index (χ4v) is 3.90. The lowest BCUT2D eigenvalue weighted by atomic mass is 10.1. The molecule has 1 atom stereocenters. The standard InChI is InChI=1S/C23H31N5O3/c1-2-3-4-18-5-7-19(8-6-18)26-23(29)28-12-9-20(17-28)31-22-21(24-10-11-25-22)27-13-15-30-16-14-27/h5-8,10-11,20H,2-4,9,12-17H2,1H3,(H,26,29). The van der Waals surface area contributed by atoms with Crippen LogP contribution >= 0.6 is 0 Å². The largest absolute Gasteiger partial charge is 0.470 e. The smallest absolute Gasteiger partial charge is 0.321 e. The number of anilines is 2. The average molecular weight is 426 g/mol. The third-order valence-corrected chi connectivity index (χ3v) is 5.69. The summed E-state index contributed by atoms with van der Waals surface area (Å²) in [6.07, 6.45) is 7.42. The van der Waals surface area contributed by atoms with Crippen LogP contribution in [0.15, 0.2) is 36.7 Å². The Labute approximate surface area is 183 Å². The third-order valence-electron chi connectivity index (χ3n) is 5.69. The van der Waals surface area contributed by atoms with Crippen LogP contribution in [0.25, 0.3) is 0 Å². The molecule has 8 nitrogen and oxygen atoms in total.